The monoisotopic (exact) mass is 510 g/mol. The number of nitrogens with zero attached hydrogens (tertiary/aromatic N) is 4. The van der Waals surface area contributed by atoms with Gasteiger partial charge in [-0.3, -0.25) is 24.4 Å². The summed E-state index contributed by atoms with van der Waals surface area (Å²) in [5.41, 5.74) is 0.0170. The van der Waals surface area contributed by atoms with Crippen LogP contribution in [0.1, 0.15) is 32.3 Å². The van der Waals surface area contributed by atoms with Crippen LogP contribution in [0.3, 0.4) is 0 Å². The zero-order valence-electron chi connectivity index (χ0n) is 17.0. The summed E-state index contributed by atoms with van der Waals surface area (Å²) in [7, 11) is 0. The maximum absolute atomic E-state index is 13.1. The summed E-state index contributed by atoms with van der Waals surface area (Å²) >= 11 is 0.481. The largest absolute Gasteiger partial charge is 0.442 e. The molecule has 0 fully saturated rings. The molecule has 0 saturated carbocycles. The van der Waals surface area contributed by atoms with Gasteiger partial charge in [-0.05, 0) is 25.5 Å². The summed E-state index contributed by atoms with van der Waals surface area (Å²) in [4.78, 5) is 37.0. The molecule has 0 aliphatic carbocycles. The number of nitrogens with one attached hydrogen (secondary N) is 1. The third kappa shape index (κ3) is 4.50. The molecule has 3 rings (SSSR count). The molecule has 2 amide bonds. The maximum Gasteiger partial charge on any atom is 0.442 e. The first-order valence-electron chi connectivity index (χ1n) is 8.92. The average molecular weight is 510 g/mol. The normalized spacial score (nSPS) is 12.2. The number of anilines is 1. The molecular formula is C17H12F6N6O4S. The number of nitro groups is 1. The molecule has 3 heterocycles. The number of amides is 2. The highest BCUT2D eigenvalue weighted by molar-refractivity contribution is 7.21. The quantitative estimate of drug-likeness (QED) is 0.303. The van der Waals surface area contributed by atoms with E-state index in [1.165, 1.54) is 6.92 Å². The Kier molecular flexibility index (Phi) is 6.02. The van der Waals surface area contributed by atoms with Crippen LogP contribution < -0.4 is 11.1 Å². The predicted molar refractivity (Wildman–Crippen MR) is 105 cm³/mol. The van der Waals surface area contributed by atoms with Gasteiger partial charge in [-0.25, -0.2) is 4.98 Å². The van der Waals surface area contributed by atoms with Crippen molar-refractivity contribution < 1.29 is 40.9 Å². The third-order valence-electron chi connectivity index (χ3n) is 4.56. The van der Waals surface area contributed by atoms with Crippen LogP contribution in [-0.4, -0.2) is 31.5 Å². The number of carbonyl (C=O) groups is 2. The van der Waals surface area contributed by atoms with E-state index >= 15 is 0 Å². The molecule has 0 saturated heterocycles. The lowest BCUT2D eigenvalue weighted by molar-refractivity contribution is -0.388. The lowest BCUT2D eigenvalue weighted by atomic mass is 10.1. The van der Waals surface area contributed by atoms with E-state index in [0.717, 1.165) is 6.92 Å². The topological polar surface area (TPSA) is 146 Å². The van der Waals surface area contributed by atoms with Crippen LogP contribution in [0, 0.1) is 24.0 Å². The number of pyridine rings is 1. The summed E-state index contributed by atoms with van der Waals surface area (Å²) in [5.74, 6) is -2.17. The number of carbonyl (C=O) groups excluding carboxylic acids is 2. The fourth-order valence-corrected chi connectivity index (χ4v) is 4.19. The summed E-state index contributed by atoms with van der Waals surface area (Å²) in [6.07, 6.45) is -9.96. The van der Waals surface area contributed by atoms with Crippen molar-refractivity contribution in [2.24, 2.45) is 5.73 Å². The van der Waals surface area contributed by atoms with Crippen molar-refractivity contribution in [1.29, 1.82) is 0 Å². The van der Waals surface area contributed by atoms with E-state index in [1.54, 1.807) is 0 Å². The second-order valence-electron chi connectivity index (χ2n) is 6.92. The molecule has 182 valence electrons. The van der Waals surface area contributed by atoms with Crippen LogP contribution in [0.15, 0.2) is 6.07 Å². The Morgan fingerprint density at radius 2 is 1.82 bits per heavy atom. The molecule has 34 heavy (non-hydrogen) atoms. The highest BCUT2D eigenvalue weighted by Gasteiger charge is 2.44. The van der Waals surface area contributed by atoms with Gasteiger partial charge >= 0.3 is 18.0 Å². The number of hydrogen-bond donors (Lipinski definition) is 2. The number of halogens is 6. The van der Waals surface area contributed by atoms with Crippen molar-refractivity contribution in [2.75, 3.05) is 5.32 Å². The minimum atomic E-state index is -5.17. The van der Waals surface area contributed by atoms with Gasteiger partial charge in [0, 0.05) is 5.39 Å². The minimum absolute atomic E-state index is 0.0124. The molecule has 3 N–H and O–H groups in total. The molecule has 0 aliphatic heterocycles. The van der Waals surface area contributed by atoms with Crippen LogP contribution in [0.5, 0.6) is 0 Å². The lowest BCUT2D eigenvalue weighted by Gasteiger charge is -2.10. The minimum Gasteiger partial charge on any atom is -0.365 e. The average Bonchev–Trinajstić information content (AvgIpc) is 3.19. The second kappa shape index (κ2) is 8.23. The van der Waals surface area contributed by atoms with E-state index in [2.05, 4.69) is 15.4 Å². The Bertz CT molecular complexity index is 1340. The van der Waals surface area contributed by atoms with Crippen LogP contribution in [0.25, 0.3) is 10.2 Å². The van der Waals surface area contributed by atoms with Crippen molar-refractivity contribution in [2.45, 2.75) is 32.7 Å². The van der Waals surface area contributed by atoms with Gasteiger partial charge in [0.2, 0.25) is 11.6 Å². The highest BCUT2D eigenvalue weighted by Crippen LogP contribution is 2.40. The first kappa shape index (κ1) is 24.9. The number of thiophene rings is 1. The van der Waals surface area contributed by atoms with Crippen molar-refractivity contribution >= 4 is 44.7 Å². The van der Waals surface area contributed by atoms with Gasteiger partial charge in [0.15, 0.2) is 0 Å². The molecule has 17 heteroatoms. The number of primary amides is 1. The SMILES string of the molecule is Cc1cc(C(F)(F)F)nc2sc(C(N)=O)c(NC(=O)Cn3nc(C(F)(F)F)c([N+](=O)[O-])c3C)c12. The lowest BCUT2D eigenvalue weighted by Crippen LogP contribution is -2.22. The molecular weight excluding hydrogens is 498 g/mol. The second-order valence-corrected chi connectivity index (χ2v) is 7.92. The first-order chi connectivity index (χ1) is 15.5. The molecule has 10 nitrogen and oxygen atoms in total. The molecule has 0 radical (unpaired) electrons. The highest BCUT2D eigenvalue weighted by atomic mass is 32.1. The van der Waals surface area contributed by atoms with Crippen LogP contribution in [0.4, 0.5) is 37.7 Å². The molecule has 0 aromatic carbocycles. The molecule has 0 spiro atoms. The number of aryl methyl sites for hydroxylation is 1. The predicted octanol–water partition coefficient (Wildman–Crippen LogP) is 3.79. The van der Waals surface area contributed by atoms with Gasteiger partial charge in [-0.2, -0.15) is 31.4 Å². The van der Waals surface area contributed by atoms with Crippen molar-refractivity contribution in [1.82, 2.24) is 14.8 Å². The van der Waals surface area contributed by atoms with Gasteiger partial charge < -0.3 is 11.1 Å². The number of aromatic nitrogens is 3. The van der Waals surface area contributed by atoms with Gasteiger partial charge in [-0.1, -0.05) is 0 Å². The summed E-state index contributed by atoms with van der Waals surface area (Å²) < 4.78 is 79.0. The molecule has 0 bridgehead atoms. The van der Waals surface area contributed by atoms with Crippen LogP contribution in [0.2, 0.25) is 0 Å². The fourth-order valence-electron chi connectivity index (χ4n) is 3.14. The molecule has 0 unspecified atom stereocenters. The smallest absolute Gasteiger partial charge is 0.365 e. The number of alkyl halides is 6. The van der Waals surface area contributed by atoms with Gasteiger partial charge in [0.05, 0.1) is 10.6 Å². The summed E-state index contributed by atoms with van der Waals surface area (Å²) in [6.45, 7) is 1.28. The number of rotatable bonds is 5. The molecule has 0 aliphatic rings. The van der Waals surface area contributed by atoms with Crippen molar-refractivity contribution in [3.8, 4) is 0 Å². The Morgan fingerprint density at radius 3 is 2.29 bits per heavy atom. The Labute approximate surface area is 188 Å². The zero-order chi connectivity index (χ0) is 25.7. The molecule has 0 atom stereocenters. The number of nitrogens with two attached hydrogens (primary N) is 1. The van der Waals surface area contributed by atoms with E-state index in [-0.39, 0.29) is 26.3 Å². The van der Waals surface area contributed by atoms with E-state index in [4.69, 9.17) is 5.73 Å². The van der Waals surface area contributed by atoms with Gasteiger partial charge in [0.1, 0.15) is 27.6 Å². The zero-order valence-corrected chi connectivity index (χ0v) is 17.8. The number of hydrogen-bond acceptors (Lipinski definition) is 7. The van der Waals surface area contributed by atoms with Crippen molar-refractivity contribution in [3.05, 3.63) is 43.7 Å². The Balaban J connectivity index is 2.04. The molecule has 3 aromatic rings. The van der Waals surface area contributed by atoms with Crippen molar-refractivity contribution in [3.63, 3.8) is 0 Å². The van der Waals surface area contributed by atoms with E-state index in [0.29, 0.717) is 22.1 Å². The summed E-state index contributed by atoms with van der Waals surface area (Å²) in [5, 5.41) is 16.4. The van der Waals surface area contributed by atoms with Gasteiger partial charge in [0.25, 0.3) is 5.91 Å². The fraction of sp³-hybridized carbons (Fsp3) is 0.294. The number of fused-ring (bicyclic) bond motifs is 1. The first-order valence-corrected chi connectivity index (χ1v) is 9.74. The van der Waals surface area contributed by atoms with Gasteiger partial charge in [-0.15, -0.1) is 11.3 Å². The third-order valence-corrected chi connectivity index (χ3v) is 5.66. The Hall–Kier alpha value is -3.76. The van der Waals surface area contributed by atoms with E-state index in [9.17, 15) is 46.0 Å². The standard InChI is InChI=1S/C17H12F6N6O4S/c1-5-3-7(16(18,19)20)25-15-9(5)10(12(34-15)14(24)31)26-8(30)4-28-6(2)11(29(32)33)13(27-28)17(21,22)23/h3H,4H2,1-2H3,(H2,24,31)(H,26,30). The van der Waals surface area contributed by atoms with E-state index in [1.807, 2.05) is 0 Å². The van der Waals surface area contributed by atoms with Crippen LogP contribution in [-0.2, 0) is 23.7 Å². The van der Waals surface area contributed by atoms with Crippen LogP contribution >= 0.6 is 11.3 Å². The molecule has 3 aromatic heterocycles. The Morgan fingerprint density at radius 1 is 1.21 bits per heavy atom. The van der Waals surface area contributed by atoms with E-state index < -0.39 is 58.4 Å². The maximum atomic E-state index is 13.1. The summed E-state index contributed by atoms with van der Waals surface area (Å²) in [6, 6.07) is 0.687.